The van der Waals surface area contributed by atoms with Crippen molar-refractivity contribution >= 4 is 5.91 Å². The Morgan fingerprint density at radius 1 is 1.10 bits per heavy atom. The molecule has 1 aromatic carbocycles. The Balaban J connectivity index is 1.20. The van der Waals surface area contributed by atoms with Crippen molar-refractivity contribution in [2.75, 3.05) is 20.1 Å². The second-order valence-electron chi connectivity index (χ2n) is 7.64. The summed E-state index contributed by atoms with van der Waals surface area (Å²) in [6, 6.07) is 12.3. The predicted octanol–water partition coefficient (Wildman–Crippen LogP) is 2.93. The lowest BCUT2D eigenvalue weighted by atomic mass is 10.1. The Hall–Kier alpha value is -2.93. The van der Waals surface area contributed by atoms with E-state index in [9.17, 15) is 4.79 Å². The molecule has 2 aromatic heterocycles. The largest absolute Gasteiger partial charge is 0.340 e. The van der Waals surface area contributed by atoms with Gasteiger partial charge in [-0.3, -0.25) is 15.0 Å². The van der Waals surface area contributed by atoms with Crippen LogP contribution in [-0.4, -0.2) is 51.3 Å². The quantitative estimate of drug-likeness (QED) is 0.514. The first kappa shape index (κ1) is 19.4. The van der Waals surface area contributed by atoms with Gasteiger partial charge >= 0.3 is 0 Å². The van der Waals surface area contributed by atoms with Crippen LogP contribution in [-0.2, 0) is 19.4 Å². The zero-order valence-corrected chi connectivity index (χ0v) is 16.9. The molecule has 152 valence electrons. The number of amides is 1. The van der Waals surface area contributed by atoms with Crippen LogP contribution in [0.4, 0.5) is 0 Å². The van der Waals surface area contributed by atoms with Crippen LogP contribution in [0.1, 0.15) is 46.7 Å². The van der Waals surface area contributed by atoms with E-state index < -0.39 is 0 Å². The number of nitrogens with one attached hydrogen (secondary N) is 3. The van der Waals surface area contributed by atoms with Gasteiger partial charge in [0.15, 0.2) is 5.69 Å². The Bertz CT molecular complexity index is 945. The first-order chi connectivity index (χ1) is 14.2. The zero-order chi connectivity index (χ0) is 20.1. The van der Waals surface area contributed by atoms with Gasteiger partial charge in [-0.2, -0.15) is 10.2 Å². The lowest BCUT2D eigenvalue weighted by Crippen LogP contribution is -2.30. The second-order valence-corrected chi connectivity index (χ2v) is 7.64. The molecule has 1 aliphatic rings. The standard InChI is InChI=1S/C22H28N6O/c1-28(22(29)21-18-15-23-12-11-19(18)25-27-21)13-7-3-6-10-17-14-20(26-24-17)16-8-4-2-5-9-16/h2,4-5,8-9,14,23H,3,6-7,10-13,15H2,1H3,(H,24,26)(H,25,27). The Morgan fingerprint density at radius 3 is 2.83 bits per heavy atom. The zero-order valence-electron chi connectivity index (χ0n) is 16.9. The van der Waals surface area contributed by atoms with Crippen LogP contribution in [0.25, 0.3) is 11.3 Å². The minimum atomic E-state index is 0.00673. The third-order valence-electron chi connectivity index (χ3n) is 5.50. The molecule has 1 aliphatic heterocycles. The van der Waals surface area contributed by atoms with Gasteiger partial charge in [0, 0.05) is 55.6 Å². The molecule has 0 aliphatic carbocycles. The van der Waals surface area contributed by atoms with Crippen molar-refractivity contribution in [2.45, 2.75) is 38.6 Å². The van der Waals surface area contributed by atoms with Crippen LogP contribution in [0, 0.1) is 0 Å². The molecule has 3 heterocycles. The fourth-order valence-corrected chi connectivity index (χ4v) is 3.77. The van der Waals surface area contributed by atoms with Crippen LogP contribution in [0.3, 0.4) is 0 Å². The summed E-state index contributed by atoms with van der Waals surface area (Å²) in [6.07, 6.45) is 4.99. The van der Waals surface area contributed by atoms with E-state index in [1.807, 2.05) is 25.2 Å². The molecule has 7 heteroatoms. The van der Waals surface area contributed by atoms with E-state index in [-0.39, 0.29) is 5.91 Å². The lowest BCUT2D eigenvalue weighted by molar-refractivity contribution is 0.0785. The van der Waals surface area contributed by atoms with Crippen molar-refractivity contribution in [1.29, 1.82) is 0 Å². The fraction of sp³-hybridized carbons (Fsp3) is 0.409. The van der Waals surface area contributed by atoms with Gasteiger partial charge in [-0.1, -0.05) is 36.8 Å². The van der Waals surface area contributed by atoms with E-state index in [4.69, 9.17) is 0 Å². The van der Waals surface area contributed by atoms with Crippen molar-refractivity contribution in [1.82, 2.24) is 30.6 Å². The maximum Gasteiger partial charge on any atom is 0.274 e. The third kappa shape index (κ3) is 4.56. The number of hydrogen-bond acceptors (Lipinski definition) is 4. The second kappa shape index (κ2) is 9.05. The fourth-order valence-electron chi connectivity index (χ4n) is 3.77. The molecule has 4 rings (SSSR count). The van der Waals surface area contributed by atoms with E-state index in [0.29, 0.717) is 5.69 Å². The van der Waals surface area contributed by atoms with Crippen LogP contribution >= 0.6 is 0 Å². The van der Waals surface area contributed by atoms with E-state index >= 15 is 0 Å². The third-order valence-corrected chi connectivity index (χ3v) is 5.50. The summed E-state index contributed by atoms with van der Waals surface area (Å²) in [5, 5.41) is 18.1. The number of hydrogen-bond donors (Lipinski definition) is 3. The van der Waals surface area contributed by atoms with Gasteiger partial charge in [0.1, 0.15) is 0 Å². The lowest BCUT2D eigenvalue weighted by Gasteiger charge is -2.18. The van der Waals surface area contributed by atoms with Crippen LogP contribution in [0.2, 0.25) is 0 Å². The van der Waals surface area contributed by atoms with Crippen molar-refractivity contribution in [3.05, 3.63) is 59.0 Å². The first-order valence-electron chi connectivity index (χ1n) is 10.3. The number of carbonyl (C=O) groups excluding carboxylic acids is 1. The molecule has 0 unspecified atom stereocenters. The number of fused-ring (bicyclic) bond motifs is 1. The Labute approximate surface area is 170 Å². The summed E-state index contributed by atoms with van der Waals surface area (Å²) < 4.78 is 0. The molecule has 7 nitrogen and oxygen atoms in total. The van der Waals surface area contributed by atoms with Crippen LogP contribution < -0.4 is 5.32 Å². The monoisotopic (exact) mass is 392 g/mol. The van der Waals surface area contributed by atoms with Gasteiger partial charge in [0.2, 0.25) is 0 Å². The highest BCUT2D eigenvalue weighted by molar-refractivity contribution is 5.93. The van der Waals surface area contributed by atoms with Gasteiger partial charge in [0.05, 0.1) is 5.69 Å². The molecule has 0 fully saturated rings. The van der Waals surface area contributed by atoms with Gasteiger partial charge in [-0.05, 0) is 25.3 Å². The van der Waals surface area contributed by atoms with E-state index in [1.54, 1.807) is 4.90 Å². The number of aromatic nitrogens is 4. The van der Waals surface area contributed by atoms with Crippen LogP contribution in [0.15, 0.2) is 36.4 Å². The molecular formula is C22H28N6O. The summed E-state index contributed by atoms with van der Waals surface area (Å²) in [5.74, 6) is 0.00673. The number of H-pyrrole nitrogens is 2. The molecule has 0 saturated carbocycles. The van der Waals surface area contributed by atoms with E-state index in [0.717, 1.165) is 79.9 Å². The van der Waals surface area contributed by atoms with Crippen molar-refractivity contribution < 1.29 is 4.79 Å². The number of nitrogens with zero attached hydrogens (tertiary/aromatic N) is 3. The normalized spacial score (nSPS) is 13.3. The molecule has 0 atom stereocenters. The highest BCUT2D eigenvalue weighted by Crippen LogP contribution is 2.19. The van der Waals surface area contributed by atoms with E-state index in [1.165, 1.54) is 0 Å². The summed E-state index contributed by atoms with van der Waals surface area (Å²) in [4.78, 5) is 14.5. The average molecular weight is 393 g/mol. The van der Waals surface area contributed by atoms with Crippen molar-refractivity contribution in [2.24, 2.45) is 0 Å². The number of aromatic amines is 2. The maximum atomic E-state index is 12.7. The smallest absolute Gasteiger partial charge is 0.274 e. The Morgan fingerprint density at radius 2 is 1.97 bits per heavy atom. The molecule has 0 spiro atoms. The highest BCUT2D eigenvalue weighted by Gasteiger charge is 2.23. The molecule has 29 heavy (non-hydrogen) atoms. The molecule has 1 amide bonds. The SMILES string of the molecule is CN(CCCCCc1cc(-c2ccccc2)n[nH]1)C(=O)c1n[nH]c2c1CNCC2. The molecule has 3 aromatic rings. The number of rotatable bonds is 8. The van der Waals surface area contributed by atoms with Gasteiger partial charge < -0.3 is 10.2 Å². The summed E-state index contributed by atoms with van der Waals surface area (Å²) in [7, 11) is 1.86. The summed E-state index contributed by atoms with van der Waals surface area (Å²) in [5.41, 5.74) is 5.97. The average Bonchev–Trinajstić information content (AvgIpc) is 3.41. The molecular weight excluding hydrogens is 364 g/mol. The Kier molecular flexibility index (Phi) is 6.05. The first-order valence-corrected chi connectivity index (χ1v) is 10.3. The number of benzene rings is 1. The maximum absolute atomic E-state index is 12.7. The predicted molar refractivity (Wildman–Crippen MR) is 113 cm³/mol. The van der Waals surface area contributed by atoms with Gasteiger partial charge in [-0.25, -0.2) is 0 Å². The molecule has 0 bridgehead atoms. The summed E-state index contributed by atoms with van der Waals surface area (Å²) >= 11 is 0. The number of aryl methyl sites for hydroxylation is 1. The topological polar surface area (TPSA) is 89.7 Å². The molecule has 3 N–H and O–H groups in total. The minimum absolute atomic E-state index is 0.00673. The number of carbonyl (C=O) groups is 1. The highest BCUT2D eigenvalue weighted by atomic mass is 16.2. The van der Waals surface area contributed by atoms with Gasteiger partial charge in [0.25, 0.3) is 5.91 Å². The van der Waals surface area contributed by atoms with Gasteiger partial charge in [-0.15, -0.1) is 0 Å². The van der Waals surface area contributed by atoms with Crippen molar-refractivity contribution in [3.8, 4) is 11.3 Å². The number of unbranched alkanes of at least 4 members (excludes halogenated alkanes) is 2. The molecule has 0 saturated heterocycles. The summed E-state index contributed by atoms with van der Waals surface area (Å²) in [6.45, 7) is 2.39. The van der Waals surface area contributed by atoms with Crippen LogP contribution in [0.5, 0.6) is 0 Å². The minimum Gasteiger partial charge on any atom is -0.340 e. The van der Waals surface area contributed by atoms with E-state index in [2.05, 4.69) is 43.9 Å². The van der Waals surface area contributed by atoms with Crippen molar-refractivity contribution in [3.63, 3.8) is 0 Å². The molecule has 0 radical (unpaired) electrons.